The lowest BCUT2D eigenvalue weighted by atomic mass is 10.0. The van der Waals surface area contributed by atoms with E-state index in [2.05, 4.69) is 76.3 Å². The van der Waals surface area contributed by atoms with Gasteiger partial charge in [-0.15, -0.1) is 11.3 Å². The topological polar surface area (TPSA) is 48.7 Å². The molecule has 0 atom stereocenters. The molecule has 1 aromatic heterocycles. The van der Waals surface area contributed by atoms with Crippen molar-refractivity contribution in [2.45, 2.75) is 34.6 Å². The molecule has 1 N–H and O–H groups in total. The van der Waals surface area contributed by atoms with E-state index in [-0.39, 0.29) is 0 Å². The molecule has 3 rings (SSSR count). The number of thiazole rings is 1. The van der Waals surface area contributed by atoms with Crippen LogP contribution in [0, 0.1) is 45.9 Å². The third-order valence-electron chi connectivity index (χ3n) is 4.55. The van der Waals surface area contributed by atoms with Gasteiger partial charge < -0.3 is 5.32 Å². The number of allylic oxidation sites excluding steroid dienone is 1. The van der Waals surface area contributed by atoms with Crippen molar-refractivity contribution in [1.29, 1.82) is 5.26 Å². The second kappa shape index (κ2) is 7.77. The molecule has 0 aliphatic heterocycles. The van der Waals surface area contributed by atoms with Crippen molar-refractivity contribution in [1.82, 2.24) is 4.98 Å². The molecule has 0 aliphatic carbocycles. The highest BCUT2D eigenvalue weighted by molar-refractivity contribution is 7.11. The molecule has 3 nitrogen and oxygen atoms in total. The van der Waals surface area contributed by atoms with Crippen molar-refractivity contribution in [2.24, 2.45) is 0 Å². The lowest BCUT2D eigenvalue weighted by Gasteiger charge is -2.11. The SMILES string of the molecule is Cc1ccc(-c2csc(/C(C#N)=C/Nc3c(C)cc(C)cc3C)n2)c(C)c1. The molecule has 0 fully saturated rings. The number of aromatic nitrogens is 1. The molecule has 27 heavy (non-hydrogen) atoms. The van der Waals surface area contributed by atoms with Gasteiger partial charge in [-0.3, -0.25) is 0 Å². The summed E-state index contributed by atoms with van der Waals surface area (Å²) in [5, 5.41) is 15.7. The number of nitriles is 1. The summed E-state index contributed by atoms with van der Waals surface area (Å²) in [7, 11) is 0. The minimum absolute atomic E-state index is 0.537. The highest BCUT2D eigenvalue weighted by atomic mass is 32.1. The maximum atomic E-state index is 9.62. The van der Waals surface area contributed by atoms with Crippen LogP contribution in [0.2, 0.25) is 0 Å². The number of rotatable bonds is 4. The minimum Gasteiger partial charge on any atom is -0.360 e. The van der Waals surface area contributed by atoms with Crippen molar-refractivity contribution < 1.29 is 0 Å². The first-order chi connectivity index (χ1) is 12.9. The summed E-state index contributed by atoms with van der Waals surface area (Å²) in [6, 6.07) is 12.9. The van der Waals surface area contributed by atoms with Crippen LogP contribution in [0.3, 0.4) is 0 Å². The summed E-state index contributed by atoms with van der Waals surface area (Å²) in [4.78, 5) is 4.70. The number of nitrogens with zero attached hydrogens (tertiary/aromatic N) is 2. The fourth-order valence-electron chi connectivity index (χ4n) is 3.32. The van der Waals surface area contributed by atoms with E-state index < -0.39 is 0 Å². The number of aryl methyl sites for hydroxylation is 5. The summed E-state index contributed by atoms with van der Waals surface area (Å²) in [6.07, 6.45) is 1.76. The largest absolute Gasteiger partial charge is 0.360 e. The summed E-state index contributed by atoms with van der Waals surface area (Å²) in [5.74, 6) is 0. The van der Waals surface area contributed by atoms with Crippen LogP contribution in [-0.4, -0.2) is 4.98 Å². The average molecular weight is 374 g/mol. The van der Waals surface area contributed by atoms with Gasteiger partial charge in [-0.05, 0) is 51.3 Å². The lowest BCUT2D eigenvalue weighted by molar-refractivity contribution is 1.30. The highest BCUT2D eigenvalue weighted by Crippen LogP contribution is 2.29. The standard InChI is InChI=1S/C23H23N3S/c1-14-6-7-20(16(3)8-14)21-13-27-23(26-21)19(11-24)12-25-22-17(4)9-15(2)10-18(22)5/h6-10,12-13,25H,1-5H3/b19-12+. The van der Waals surface area contributed by atoms with Crippen molar-refractivity contribution in [2.75, 3.05) is 5.32 Å². The van der Waals surface area contributed by atoms with Crippen LogP contribution in [0.4, 0.5) is 5.69 Å². The zero-order valence-corrected chi connectivity index (χ0v) is 17.2. The molecule has 0 aliphatic rings. The molecular weight excluding hydrogens is 350 g/mol. The van der Waals surface area contributed by atoms with Gasteiger partial charge >= 0.3 is 0 Å². The summed E-state index contributed by atoms with van der Waals surface area (Å²) < 4.78 is 0. The van der Waals surface area contributed by atoms with Gasteiger partial charge in [0.2, 0.25) is 0 Å². The van der Waals surface area contributed by atoms with Crippen LogP contribution in [0.1, 0.15) is 32.8 Å². The van der Waals surface area contributed by atoms with E-state index in [0.717, 1.165) is 33.1 Å². The molecule has 0 saturated heterocycles. The summed E-state index contributed by atoms with van der Waals surface area (Å²) in [5.41, 5.74) is 9.59. The molecule has 136 valence electrons. The van der Waals surface area contributed by atoms with Crippen LogP contribution >= 0.6 is 11.3 Å². The first-order valence-corrected chi connectivity index (χ1v) is 9.75. The zero-order chi connectivity index (χ0) is 19.6. The quantitative estimate of drug-likeness (QED) is 0.544. The Balaban J connectivity index is 1.90. The summed E-state index contributed by atoms with van der Waals surface area (Å²) >= 11 is 1.49. The predicted octanol–water partition coefficient (Wildman–Crippen LogP) is 6.33. The second-order valence-corrected chi connectivity index (χ2v) is 7.80. The Morgan fingerprint density at radius 1 is 1.00 bits per heavy atom. The van der Waals surface area contributed by atoms with Crippen molar-refractivity contribution in [3.63, 3.8) is 0 Å². The Labute approximate surface area is 165 Å². The van der Waals surface area contributed by atoms with Gasteiger partial charge in [0.15, 0.2) is 0 Å². The first-order valence-electron chi connectivity index (χ1n) is 8.87. The monoisotopic (exact) mass is 373 g/mol. The molecule has 0 saturated carbocycles. The van der Waals surface area contributed by atoms with E-state index in [9.17, 15) is 5.26 Å². The fourth-order valence-corrected chi connectivity index (χ4v) is 4.10. The zero-order valence-electron chi connectivity index (χ0n) is 16.3. The third kappa shape index (κ3) is 4.10. The third-order valence-corrected chi connectivity index (χ3v) is 5.43. The molecule has 2 aromatic carbocycles. The van der Waals surface area contributed by atoms with Gasteiger partial charge in [0.05, 0.1) is 5.69 Å². The van der Waals surface area contributed by atoms with E-state index >= 15 is 0 Å². The molecule has 3 aromatic rings. The second-order valence-electron chi connectivity index (χ2n) is 6.94. The first kappa shape index (κ1) is 18.9. The molecule has 0 amide bonds. The molecule has 4 heteroatoms. The van der Waals surface area contributed by atoms with Crippen LogP contribution in [-0.2, 0) is 0 Å². The molecule has 0 bridgehead atoms. The summed E-state index contributed by atoms with van der Waals surface area (Å²) in [6.45, 7) is 10.4. The van der Waals surface area contributed by atoms with E-state index in [1.165, 1.54) is 28.0 Å². The van der Waals surface area contributed by atoms with Crippen molar-refractivity contribution in [3.8, 4) is 17.3 Å². The van der Waals surface area contributed by atoms with Crippen LogP contribution in [0.15, 0.2) is 41.9 Å². The van der Waals surface area contributed by atoms with E-state index in [1.807, 2.05) is 5.38 Å². The van der Waals surface area contributed by atoms with Gasteiger partial charge in [-0.25, -0.2) is 4.98 Å². The minimum atomic E-state index is 0.537. The van der Waals surface area contributed by atoms with E-state index in [4.69, 9.17) is 4.98 Å². The van der Waals surface area contributed by atoms with Gasteiger partial charge in [0.25, 0.3) is 0 Å². The maximum absolute atomic E-state index is 9.62. The number of benzene rings is 2. The smallest absolute Gasteiger partial charge is 0.136 e. The Morgan fingerprint density at radius 2 is 1.67 bits per heavy atom. The van der Waals surface area contributed by atoms with Crippen molar-refractivity contribution in [3.05, 3.63) is 74.7 Å². The predicted molar refractivity (Wildman–Crippen MR) is 115 cm³/mol. The molecule has 1 heterocycles. The average Bonchev–Trinajstić information content (AvgIpc) is 3.06. The molecule has 0 radical (unpaired) electrons. The van der Waals surface area contributed by atoms with E-state index in [1.54, 1.807) is 6.20 Å². The molecule has 0 spiro atoms. The van der Waals surface area contributed by atoms with Gasteiger partial charge in [0, 0.05) is 22.8 Å². The number of anilines is 1. The number of hydrogen-bond donors (Lipinski definition) is 1. The van der Waals surface area contributed by atoms with Crippen LogP contribution in [0.5, 0.6) is 0 Å². The van der Waals surface area contributed by atoms with Crippen LogP contribution < -0.4 is 5.32 Å². The maximum Gasteiger partial charge on any atom is 0.136 e. The number of hydrogen-bond acceptors (Lipinski definition) is 4. The number of nitrogens with one attached hydrogen (secondary N) is 1. The Hall–Kier alpha value is -2.90. The van der Waals surface area contributed by atoms with Gasteiger partial charge in [-0.1, -0.05) is 41.5 Å². The lowest BCUT2D eigenvalue weighted by Crippen LogP contribution is -1.97. The van der Waals surface area contributed by atoms with E-state index in [0.29, 0.717) is 5.57 Å². The highest BCUT2D eigenvalue weighted by Gasteiger charge is 2.11. The van der Waals surface area contributed by atoms with Gasteiger partial charge in [-0.2, -0.15) is 5.26 Å². The fraction of sp³-hybridized carbons (Fsp3) is 0.217. The van der Waals surface area contributed by atoms with Gasteiger partial charge in [0.1, 0.15) is 16.6 Å². The Bertz CT molecular complexity index is 1040. The molecular formula is C23H23N3S. The van der Waals surface area contributed by atoms with Crippen molar-refractivity contribution >= 4 is 22.6 Å². The van der Waals surface area contributed by atoms with Crippen LogP contribution in [0.25, 0.3) is 16.8 Å². The molecule has 0 unspecified atom stereocenters. The normalized spacial score (nSPS) is 11.3. The Morgan fingerprint density at radius 3 is 2.30 bits per heavy atom. The Kier molecular flexibility index (Phi) is 5.43.